The van der Waals surface area contributed by atoms with Crippen molar-refractivity contribution in [2.75, 3.05) is 33.3 Å². The summed E-state index contributed by atoms with van der Waals surface area (Å²) in [6.07, 6.45) is 0.882. The van der Waals surface area contributed by atoms with Gasteiger partial charge in [0.15, 0.2) is 0 Å². The highest BCUT2D eigenvalue weighted by Crippen LogP contribution is 2.32. The molecule has 0 radical (unpaired) electrons. The Morgan fingerprint density at radius 2 is 2.04 bits per heavy atom. The van der Waals surface area contributed by atoms with E-state index in [1.54, 1.807) is 0 Å². The van der Waals surface area contributed by atoms with Crippen LogP contribution < -0.4 is 0 Å². The highest BCUT2D eigenvalue weighted by Gasteiger charge is 2.32. The largest absolute Gasteiger partial charge is 0.396 e. The second-order valence-corrected chi connectivity index (χ2v) is 7.48. The van der Waals surface area contributed by atoms with Gasteiger partial charge >= 0.3 is 0 Å². The highest BCUT2D eigenvalue weighted by molar-refractivity contribution is 5.78. The Kier molecular flexibility index (Phi) is 6.23. The normalized spacial score (nSPS) is 20.3. The van der Waals surface area contributed by atoms with Crippen LogP contribution in [0.25, 0.3) is 0 Å². The Morgan fingerprint density at radius 3 is 2.67 bits per heavy atom. The average Bonchev–Trinajstić information content (AvgIpc) is 3.00. The average molecular weight is 371 g/mol. The van der Waals surface area contributed by atoms with E-state index >= 15 is 0 Å². The molecule has 1 aliphatic heterocycles. The second-order valence-electron chi connectivity index (χ2n) is 7.48. The van der Waals surface area contributed by atoms with Crippen LogP contribution in [0.5, 0.6) is 0 Å². The number of aliphatic hydroxyl groups excluding tert-OH is 1. The number of carbonyl (C=O) groups excluding carboxylic acids is 1. The first-order valence-electron chi connectivity index (χ1n) is 9.46. The zero-order valence-corrected chi connectivity index (χ0v) is 16.4. The molecule has 1 N–H and O–H groups in total. The van der Waals surface area contributed by atoms with E-state index in [1.165, 1.54) is 5.56 Å². The summed E-state index contributed by atoms with van der Waals surface area (Å²) < 4.78 is 1.94. The van der Waals surface area contributed by atoms with Gasteiger partial charge in [-0.15, -0.1) is 10.2 Å². The van der Waals surface area contributed by atoms with E-state index in [4.69, 9.17) is 0 Å². The number of piperidine rings is 1. The molecule has 1 aromatic heterocycles. The van der Waals surface area contributed by atoms with Gasteiger partial charge in [0, 0.05) is 32.7 Å². The summed E-state index contributed by atoms with van der Waals surface area (Å²) in [7, 11) is 3.85. The molecule has 1 aliphatic rings. The Labute approximate surface area is 160 Å². The van der Waals surface area contributed by atoms with Crippen molar-refractivity contribution in [1.29, 1.82) is 0 Å². The van der Waals surface area contributed by atoms with E-state index in [0.717, 1.165) is 24.6 Å². The highest BCUT2D eigenvalue weighted by atomic mass is 16.3. The third kappa shape index (κ3) is 4.54. The third-order valence-electron chi connectivity index (χ3n) is 5.55. The second kappa shape index (κ2) is 8.63. The lowest BCUT2D eigenvalue weighted by atomic mass is 9.81. The van der Waals surface area contributed by atoms with Crippen molar-refractivity contribution < 1.29 is 9.90 Å². The van der Waals surface area contributed by atoms with Crippen molar-refractivity contribution in [1.82, 2.24) is 24.6 Å². The van der Waals surface area contributed by atoms with Gasteiger partial charge in [-0.2, -0.15) is 0 Å². The molecular weight excluding hydrogens is 342 g/mol. The molecule has 0 bridgehead atoms. The van der Waals surface area contributed by atoms with Crippen molar-refractivity contribution in [3.8, 4) is 0 Å². The molecule has 146 valence electrons. The summed E-state index contributed by atoms with van der Waals surface area (Å²) in [6.45, 7) is 4.25. The molecule has 7 heteroatoms. The molecule has 1 fully saturated rings. The molecular formula is C20H29N5O2. The SMILES string of the molecule is Cc1nnc(CN(C)CC(=O)N2CC[C@@H](c3ccccc3)[C@@H](CO)C2)n1C. The first kappa shape index (κ1) is 19.5. The first-order valence-corrected chi connectivity index (χ1v) is 9.46. The molecule has 0 saturated carbocycles. The molecule has 0 aliphatic carbocycles. The van der Waals surface area contributed by atoms with Gasteiger partial charge in [-0.3, -0.25) is 9.69 Å². The maximum atomic E-state index is 12.8. The third-order valence-corrected chi connectivity index (χ3v) is 5.55. The predicted octanol–water partition coefficient (Wildman–Crippen LogP) is 1.18. The molecule has 2 heterocycles. The van der Waals surface area contributed by atoms with Crippen molar-refractivity contribution in [2.24, 2.45) is 13.0 Å². The number of aryl methyl sites for hydroxylation is 1. The van der Waals surface area contributed by atoms with Gasteiger partial charge in [-0.1, -0.05) is 30.3 Å². The number of nitrogens with zero attached hydrogens (tertiary/aromatic N) is 5. The van der Waals surface area contributed by atoms with Gasteiger partial charge in [0.25, 0.3) is 0 Å². The molecule has 3 rings (SSSR count). The lowest BCUT2D eigenvalue weighted by Crippen LogP contribution is -2.47. The Morgan fingerprint density at radius 1 is 1.30 bits per heavy atom. The molecule has 0 spiro atoms. The van der Waals surface area contributed by atoms with E-state index in [1.807, 2.05) is 53.6 Å². The number of likely N-dealkylation sites (tertiary alicyclic amines) is 1. The smallest absolute Gasteiger partial charge is 0.236 e. The topological polar surface area (TPSA) is 74.5 Å². The summed E-state index contributed by atoms with van der Waals surface area (Å²) >= 11 is 0. The zero-order valence-electron chi connectivity index (χ0n) is 16.4. The maximum Gasteiger partial charge on any atom is 0.236 e. The van der Waals surface area contributed by atoms with Gasteiger partial charge in [-0.25, -0.2) is 0 Å². The standard InChI is InChI=1S/C20H29N5O2/c1-15-21-22-19(24(15)3)12-23(2)13-20(27)25-10-9-18(17(11-25)14-26)16-7-5-4-6-8-16/h4-8,17-18,26H,9-14H2,1-3H3/t17-,18+/m1/s1. The number of benzene rings is 1. The number of hydrogen-bond donors (Lipinski definition) is 1. The Bertz CT molecular complexity index is 761. The number of carbonyl (C=O) groups is 1. The fourth-order valence-corrected chi connectivity index (χ4v) is 3.80. The van der Waals surface area contributed by atoms with Gasteiger partial charge in [0.2, 0.25) is 5.91 Å². The van der Waals surface area contributed by atoms with Crippen LogP contribution in [0.1, 0.15) is 29.6 Å². The summed E-state index contributed by atoms with van der Waals surface area (Å²) in [5, 5.41) is 18.1. The number of aromatic nitrogens is 3. The molecule has 7 nitrogen and oxygen atoms in total. The van der Waals surface area contributed by atoms with Crippen molar-refractivity contribution in [2.45, 2.75) is 25.8 Å². The minimum atomic E-state index is 0.0804. The lowest BCUT2D eigenvalue weighted by molar-refractivity contribution is -0.134. The Balaban J connectivity index is 1.57. The Hall–Kier alpha value is -2.25. The summed E-state index contributed by atoms with van der Waals surface area (Å²) in [6, 6.07) is 10.3. The maximum absolute atomic E-state index is 12.8. The van der Waals surface area contributed by atoms with Crippen molar-refractivity contribution in [3.05, 3.63) is 47.5 Å². The first-order chi connectivity index (χ1) is 13.0. The van der Waals surface area contributed by atoms with Gasteiger partial charge in [-0.05, 0) is 31.9 Å². The molecule has 27 heavy (non-hydrogen) atoms. The number of aliphatic hydroxyl groups is 1. The predicted molar refractivity (Wildman–Crippen MR) is 103 cm³/mol. The molecule has 0 unspecified atom stereocenters. The fraction of sp³-hybridized carbons (Fsp3) is 0.550. The van der Waals surface area contributed by atoms with E-state index in [0.29, 0.717) is 25.6 Å². The van der Waals surface area contributed by atoms with Crippen LogP contribution >= 0.6 is 0 Å². The quantitative estimate of drug-likeness (QED) is 0.825. The van der Waals surface area contributed by atoms with Gasteiger partial charge in [0.1, 0.15) is 11.6 Å². The van der Waals surface area contributed by atoms with Crippen LogP contribution in [0.4, 0.5) is 0 Å². The van der Waals surface area contributed by atoms with E-state index < -0.39 is 0 Å². The van der Waals surface area contributed by atoms with Crippen molar-refractivity contribution >= 4 is 5.91 Å². The molecule has 2 atom stereocenters. The van der Waals surface area contributed by atoms with Crippen LogP contribution in [0.3, 0.4) is 0 Å². The monoisotopic (exact) mass is 371 g/mol. The van der Waals surface area contributed by atoms with E-state index in [-0.39, 0.29) is 18.4 Å². The van der Waals surface area contributed by atoms with Crippen LogP contribution in [0.15, 0.2) is 30.3 Å². The van der Waals surface area contributed by atoms with Crippen LogP contribution in [-0.2, 0) is 18.4 Å². The number of rotatable bonds is 6. The van der Waals surface area contributed by atoms with Crippen LogP contribution in [0, 0.1) is 12.8 Å². The van der Waals surface area contributed by atoms with Gasteiger partial charge in [0.05, 0.1) is 13.1 Å². The van der Waals surface area contributed by atoms with Crippen LogP contribution in [-0.4, -0.2) is 68.9 Å². The molecule has 1 saturated heterocycles. The summed E-state index contributed by atoms with van der Waals surface area (Å²) in [5.74, 6) is 2.19. The minimum absolute atomic E-state index is 0.0804. The summed E-state index contributed by atoms with van der Waals surface area (Å²) in [5.41, 5.74) is 1.25. The van der Waals surface area contributed by atoms with Crippen LogP contribution in [0.2, 0.25) is 0 Å². The number of hydrogen-bond acceptors (Lipinski definition) is 5. The fourth-order valence-electron chi connectivity index (χ4n) is 3.80. The lowest BCUT2D eigenvalue weighted by Gasteiger charge is -2.38. The zero-order chi connectivity index (χ0) is 19.4. The minimum Gasteiger partial charge on any atom is -0.396 e. The number of amides is 1. The molecule has 1 amide bonds. The number of likely N-dealkylation sites (N-methyl/N-ethyl adjacent to an activating group) is 1. The summed E-state index contributed by atoms with van der Waals surface area (Å²) in [4.78, 5) is 16.6. The molecule has 1 aromatic carbocycles. The van der Waals surface area contributed by atoms with Gasteiger partial charge < -0.3 is 14.6 Å². The molecule has 2 aromatic rings. The van der Waals surface area contributed by atoms with E-state index in [9.17, 15) is 9.90 Å². The van der Waals surface area contributed by atoms with Crippen molar-refractivity contribution in [3.63, 3.8) is 0 Å². The van der Waals surface area contributed by atoms with E-state index in [2.05, 4.69) is 22.3 Å².